The number of oxazole rings is 1. The van der Waals surface area contributed by atoms with Gasteiger partial charge in [-0.1, -0.05) is 30.3 Å². The number of aromatic nitrogens is 1. The molecule has 0 saturated heterocycles. The molecule has 7 heteroatoms. The summed E-state index contributed by atoms with van der Waals surface area (Å²) >= 11 is 0. The number of nitrogens with zero attached hydrogens (tertiary/aromatic N) is 1. The summed E-state index contributed by atoms with van der Waals surface area (Å²) in [7, 11) is 4.81. The van der Waals surface area contributed by atoms with Gasteiger partial charge in [0.15, 0.2) is 12.2 Å². The van der Waals surface area contributed by atoms with Crippen LogP contribution in [0.15, 0.2) is 47.3 Å². The van der Waals surface area contributed by atoms with E-state index in [0.717, 1.165) is 11.3 Å². The first-order chi connectivity index (χ1) is 7.47. The minimum atomic E-state index is -3.72. The van der Waals surface area contributed by atoms with Crippen LogP contribution in [0.3, 0.4) is 0 Å². The number of benzene rings is 1. The molecular formula is C9H7Cl2NO3S. The Balaban J connectivity index is 0.000000221. The highest BCUT2D eigenvalue weighted by molar-refractivity contribution is 8.31. The maximum absolute atomic E-state index is 9.16. The number of hydrogen-bond donors (Lipinski definition) is 0. The predicted octanol–water partition coefficient (Wildman–Crippen LogP) is 3.05. The summed E-state index contributed by atoms with van der Waals surface area (Å²) in [6, 6.07) is 9.89. The molecule has 1 heterocycles. The second-order valence-electron chi connectivity index (χ2n) is 2.61. The molecular weight excluding hydrogens is 273 g/mol. The van der Waals surface area contributed by atoms with Crippen molar-refractivity contribution in [2.24, 2.45) is 0 Å². The van der Waals surface area contributed by atoms with Gasteiger partial charge in [-0.05, 0) is 0 Å². The molecule has 4 nitrogen and oxygen atoms in total. The summed E-state index contributed by atoms with van der Waals surface area (Å²) in [5, 5.41) is 0. The average Bonchev–Trinajstić information content (AvgIpc) is 2.69. The first-order valence-corrected chi connectivity index (χ1v) is 7.18. The van der Waals surface area contributed by atoms with Gasteiger partial charge in [-0.25, -0.2) is 4.98 Å². The highest BCUT2D eigenvalue weighted by atomic mass is 36.0. The van der Waals surface area contributed by atoms with Crippen molar-refractivity contribution in [1.29, 1.82) is 0 Å². The van der Waals surface area contributed by atoms with Gasteiger partial charge < -0.3 is 4.42 Å². The quantitative estimate of drug-likeness (QED) is 0.753. The Morgan fingerprint density at radius 2 is 1.69 bits per heavy atom. The molecule has 16 heavy (non-hydrogen) atoms. The molecule has 2 rings (SSSR count). The van der Waals surface area contributed by atoms with E-state index in [4.69, 9.17) is 12.8 Å². The third-order valence-corrected chi connectivity index (χ3v) is 1.49. The number of rotatable bonds is 1. The van der Waals surface area contributed by atoms with Crippen molar-refractivity contribution in [2.45, 2.75) is 0 Å². The van der Waals surface area contributed by atoms with Crippen molar-refractivity contribution in [3.05, 3.63) is 42.9 Å². The molecule has 0 N–H and O–H groups in total. The summed E-state index contributed by atoms with van der Waals surface area (Å²) in [4.78, 5) is 3.83. The highest BCUT2D eigenvalue weighted by Gasteiger charge is 1.97. The van der Waals surface area contributed by atoms with E-state index < -0.39 is 8.26 Å². The van der Waals surface area contributed by atoms with Crippen LogP contribution >= 0.6 is 21.4 Å². The standard InChI is InChI=1S/C9H7NO.Cl2O2S/c1-2-4-8(5-3-1)9-6-10-7-11-9;1-5(2,3)4/h1-7H;. The fraction of sp³-hybridized carbons (Fsp3) is 0. The second kappa shape index (κ2) is 5.89. The van der Waals surface area contributed by atoms with Crippen molar-refractivity contribution >= 4 is 29.6 Å². The molecule has 0 aliphatic carbocycles. The van der Waals surface area contributed by atoms with Crippen molar-refractivity contribution in [2.75, 3.05) is 0 Å². The van der Waals surface area contributed by atoms with Crippen LogP contribution in [0.1, 0.15) is 0 Å². The van der Waals surface area contributed by atoms with E-state index in [2.05, 4.69) is 26.3 Å². The zero-order chi connectivity index (χ0) is 12.0. The maximum Gasteiger partial charge on any atom is 0.317 e. The molecule has 0 aliphatic rings. The van der Waals surface area contributed by atoms with Crippen LogP contribution in [0.2, 0.25) is 0 Å². The summed E-state index contributed by atoms with van der Waals surface area (Å²) in [6.07, 6.45) is 3.14. The lowest BCUT2D eigenvalue weighted by atomic mass is 10.2. The molecule has 2 aromatic rings. The van der Waals surface area contributed by atoms with Gasteiger partial charge in [-0.3, -0.25) is 0 Å². The van der Waals surface area contributed by atoms with Gasteiger partial charge in [0.1, 0.15) is 0 Å². The monoisotopic (exact) mass is 279 g/mol. The predicted molar refractivity (Wildman–Crippen MR) is 62.6 cm³/mol. The van der Waals surface area contributed by atoms with Crippen molar-refractivity contribution in [3.8, 4) is 11.3 Å². The molecule has 0 saturated carbocycles. The van der Waals surface area contributed by atoms with Gasteiger partial charge in [0.25, 0.3) is 0 Å². The molecule has 0 bridgehead atoms. The molecule has 86 valence electrons. The summed E-state index contributed by atoms with van der Waals surface area (Å²) in [5.41, 5.74) is 1.06. The third-order valence-electron chi connectivity index (χ3n) is 1.49. The Morgan fingerprint density at radius 1 is 1.12 bits per heavy atom. The Hall–Kier alpha value is -1.04. The minimum Gasteiger partial charge on any atom is -0.444 e. The fourth-order valence-electron chi connectivity index (χ4n) is 0.961. The molecule has 0 unspecified atom stereocenters. The lowest BCUT2D eigenvalue weighted by molar-refractivity contribution is 0.572. The van der Waals surface area contributed by atoms with Crippen molar-refractivity contribution in [1.82, 2.24) is 4.98 Å². The zero-order valence-corrected chi connectivity index (χ0v) is 10.2. The molecule has 0 fully saturated rings. The molecule has 0 radical (unpaired) electrons. The number of halogens is 2. The minimum absolute atomic E-state index is 0.811. The molecule has 0 aliphatic heterocycles. The van der Waals surface area contributed by atoms with Gasteiger partial charge in [0.2, 0.25) is 0 Å². The summed E-state index contributed by atoms with van der Waals surface area (Å²) in [6.45, 7) is 0. The van der Waals surface area contributed by atoms with Gasteiger partial charge in [0.05, 0.1) is 6.20 Å². The van der Waals surface area contributed by atoms with E-state index in [1.807, 2.05) is 30.3 Å². The first kappa shape index (κ1) is 13.0. The van der Waals surface area contributed by atoms with Gasteiger partial charge in [-0.15, -0.1) is 0 Å². The largest absolute Gasteiger partial charge is 0.444 e. The van der Waals surface area contributed by atoms with Crippen molar-refractivity contribution in [3.63, 3.8) is 0 Å². The van der Waals surface area contributed by atoms with E-state index in [1.165, 1.54) is 6.39 Å². The van der Waals surface area contributed by atoms with E-state index in [-0.39, 0.29) is 0 Å². The van der Waals surface area contributed by atoms with E-state index in [1.54, 1.807) is 6.20 Å². The van der Waals surface area contributed by atoms with Crippen LogP contribution in [0.25, 0.3) is 11.3 Å². The Labute approximate surface area is 102 Å². The lowest BCUT2D eigenvalue weighted by Gasteiger charge is -1.91. The van der Waals surface area contributed by atoms with Crippen LogP contribution in [0.5, 0.6) is 0 Å². The molecule has 0 atom stereocenters. The zero-order valence-electron chi connectivity index (χ0n) is 7.88. The fourth-order valence-corrected chi connectivity index (χ4v) is 0.961. The average molecular weight is 280 g/mol. The smallest absolute Gasteiger partial charge is 0.317 e. The lowest BCUT2D eigenvalue weighted by Crippen LogP contribution is -1.69. The van der Waals surface area contributed by atoms with Crippen LogP contribution in [-0.2, 0) is 8.26 Å². The van der Waals surface area contributed by atoms with E-state index in [9.17, 15) is 0 Å². The molecule has 0 amide bonds. The Morgan fingerprint density at radius 3 is 2.12 bits per heavy atom. The summed E-state index contributed by atoms with van der Waals surface area (Å²) in [5.74, 6) is 0.811. The first-order valence-electron chi connectivity index (χ1n) is 4.05. The van der Waals surface area contributed by atoms with Gasteiger partial charge >= 0.3 is 8.26 Å². The third kappa shape index (κ3) is 5.75. The van der Waals surface area contributed by atoms with Crippen LogP contribution in [0, 0.1) is 0 Å². The topological polar surface area (TPSA) is 60.2 Å². The summed E-state index contributed by atoms with van der Waals surface area (Å²) < 4.78 is 23.4. The van der Waals surface area contributed by atoms with Crippen LogP contribution in [-0.4, -0.2) is 13.4 Å². The van der Waals surface area contributed by atoms with Crippen molar-refractivity contribution < 1.29 is 12.8 Å². The second-order valence-corrected chi connectivity index (χ2v) is 6.28. The maximum atomic E-state index is 9.16. The number of hydrogen-bond acceptors (Lipinski definition) is 4. The molecule has 0 spiro atoms. The van der Waals surface area contributed by atoms with Crippen LogP contribution < -0.4 is 0 Å². The highest BCUT2D eigenvalue weighted by Crippen LogP contribution is 2.16. The molecule has 1 aromatic carbocycles. The Bertz CT molecular complexity index is 503. The van der Waals surface area contributed by atoms with Crippen LogP contribution in [0.4, 0.5) is 0 Å². The SMILES string of the molecule is O=S(=O)(Cl)Cl.c1ccc(-c2cnco2)cc1. The normalized spacial score (nSPS) is 10.4. The van der Waals surface area contributed by atoms with Gasteiger partial charge in [-0.2, -0.15) is 8.42 Å². The molecule has 1 aromatic heterocycles. The Kier molecular flexibility index (Phi) is 4.79. The van der Waals surface area contributed by atoms with E-state index in [0.29, 0.717) is 0 Å². The van der Waals surface area contributed by atoms with Gasteiger partial charge in [0, 0.05) is 26.9 Å². The van der Waals surface area contributed by atoms with E-state index >= 15 is 0 Å².